The summed E-state index contributed by atoms with van der Waals surface area (Å²) in [7, 11) is 0. The number of nitrogens with one attached hydrogen (secondary N) is 1. The molecule has 70 valence electrons. The number of hydrogen-bond donors (Lipinski definition) is 3. The minimum Gasteiger partial charge on any atom is -0.354 e. The van der Waals surface area contributed by atoms with Crippen LogP contribution in [0.15, 0.2) is 24.3 Å². The summed E-state index contributed by atoms with van der Waals surface area (Å²) < 4.78 is 0. The van der Waals surface area contributed by atoms with E-state index in [-0.39, 0.29) is 0 Å². The van der Waals surface area contributed by atoms with E-state index in [1.165, 1.54) is 11.1 Å². The summed E-state index contributed by atoms with van der Waals surface area (Å²) >= 11 is 0. The fourth-order valence-corrected chi connectivity index (χ4v) is 1.14. The van der Waals surface area contributed by atoms with E-state index in [1.807, 2.05) is 13.0 Å². The minimum atomic E-state index is 0.750. The molecule has 0 radical (unpaired) electrons. The number of quaternary nitrogens is 1. The third-order valence-corrected chi connectivity index (χ3v) is 1.85. The standard InChI is InChI=1S/C10H15N3/c1-8(12)13-7-10-4-2-3-9(5-10)6-11/h2-5H,6-7,11H2,1H3,(H2,12,13)/p+2. The summed E-state index contributed by atoms with van der Waals surface area (Å²) in [5.74, 6) is 0.750. The zero-order chi connectivity index (χ0) is 9.68. The number of hydrogen-bond acceptors (Lipinski definition) is 0. The van der Waals surface area contributed by atoms with Crippen LogP contribution in [0.4, 0.5) is 0 Å². The lowest BCUT2D eigenvalue weighted by Gasteiger charge is -1.97. The van der Waals surface area contributed by atoms with Crippen molar-refractivity contribution in [2.45, 2.75) is 20.0 Å². The average molecular weight is 179 g/mol. The molecule has 0 unspecified atom stereocenters. The van der Waals surface area contributed by atoms with Crippen LogP contribution >= 0.6 is 0 Å². The first-order valence-corrected chi connectivity index (χ1v) is 4.42. The van der Waals surface area contributed by atoms with Crippen molar-refractivity contribution < 1.29 is 10.7 Å². The molecule has 0 aromatic heterocycles. The monoisotopic (exact) mass is 179 g/mol. The zero-order valence-corrected chi connectivity index (χ0v) is 8.01. The van der Waals surface area contributed by atoms with Gasteiger partial charge in [-0.3, -0.25) is 10.7 Å². The largest absolute Gasteiger partial charge is 0.354 e. The normalized spacial score (nSPS) is 11.7. The Kier molecular flexibility index (Phi) is 3.46. The predicted molar refractivity (Wildman–Crippen MR) is 52.6 cm³/mol. The first-order valence-electron chi connectivity index (χ1n) is 4.42. The Bertz CT molecular complexity index is 301. The van der Waals surface area contributed by atoms with Crippen LogP contribution in [0.5, 0.6) is 0 Å². The molecule has 0 aliphatic heterocycles. The van der Waals surface area contributed by atoms with Crippen molar-refractivity contribution in [1.82, 2.24) is 0 Å². The number of amidine groups is 1. The van der Waals surface area contributed by atoms with Gasteiger partial charge in [0.2, 0.25) is 5.84 Å². The van der Waals surface area contributed by atoms with Crippen molar-refractivity contribution >= 4 is 5.84 Å². The van der Waals surface area contributed by atoms with Gasteiger partial charge in [-0.25, -0.2) is 0 Å². The third-order valence-electron chi connectivity index (χ3n) is 1.85. The van der Waals surface area contributed by atoms with Crippen molar-refractivity contribution in [2.24, 2.45) is 5.73 Å². The summed E-state index contributed by atoms with van der Waals surface area (Å²) in [6, 6.07) is 8.34. The minimum absolute atomic E-state index is 0.750. The molecular weight excluding hydrogens is 162 g/mol. The van der Waals surface area contributed by atoms with Crippen LogP contribution in [0.25, 0.3) is 0 Å². The van der Waals surface area contributed by atoms with Crippen LogP contribution in [-0.2, 0) is 13.1 Å². The maximum atomic E-state index is 5.50. The van der Waals surface area contributed by atoms with Gasteiger partial charge in [0, 0.05) is 12.5 Å². The van der Waals surface area contributed by atoms with Gasteiger partial charge >= 0.3 is 0 Å². The third kappa shape index (κ3) is 3.25. The molecule has 6 N–H and O–H groups in total. The maximum Gasteiger partial charge on any atom is 0.237 e. The molecule has 3 nitrogen and oxygen atoms in total. The Morgan fingerprint density at radius 2 is 2.15 bits per heavy atom. The molecule has 0 fully saturated rings. The number of benzene rings is 1. The van der Waals surface area contributed by atoms with E-state index in [0.717, 1.165) is 18.9 Å². The van der Waals surface area contributed by atoms with E-state index < -0.39 is 0 Å². The van der Waals surface area contributed by atoms with Gasteiger partial charge in [0.15, 0.2) is 0 Å². The molecule has 0 bridgehead atoms. The van der Waals surface area contributed by atoms with E-state index in [0.29, 0.717) is 0 Å². The molecule has 0 spiro atoms. The Morgan fingerprint density at radius 1 is 1.46 bits per heavy atom. The lowest BCUT2D eigenvalue weighted by molar-refractivity contribution is -0.476. The van der Waals surface area contributed by atoms with Crippen molar-refractivity contribution in [3.8, 4) is 0 Å². The van der Waals surface area contributed by atoms with Crippen LogP contribution in [0.1, 0.15) is 18.1 Å². The number of nitrogens with two attached hydrogens (primary N) is 1. The lowest BCUT2D eigenvalue weighted by atomic mass is 10.1. The molecule has 1 aromatic carbocycles. The maximum absolute atomic E-state index is 5.50. The summed E-state index contributed by atoms with van der Waals surface area (Å²) in [6.45, 7) is 3.47. The highest BCUT2D eigenvalue weighted by atomic mass is 14.8. The van der Waals surface area contributed by atoms with Crippen molar-refractivity contribution in [1.29, 1.82) is 0 Å². The molecule has 0 aliphatic carbocycles. The van der Waals surface area contributed by atoms with Crippen LogP contribution in [-0.4, -0.2) is 5.84 Å². The Hall–Kier alpha value is -1.35. The first kappa shape index (κ1) is 9.74. The van der Waals surface area contributed by atoms with Crippen LogP contribution in [0.2, 0.25) is 0 Å². The molecule has 0 amide bonds. The van der Waals surface area contributed by atoms with Gasteiger partial charge in [0.1, 0.15) is 6.54 Å². The second-order valence-corrected chi connectivity index (χ2v) is 3.11. The molecule has 0 saturated carbocycles. The van der Waals surface area contributed by atoms with Crippen LogP contribution in [0, 0.1) is 0 Å². The fraction of sp³-hybridized carbons (Fsp3) is 0.300. The quantitative estimate of drug-likeness (QED) is 0.379. The SMILES string of the molecule is CC(N)=[NH+]Cc1cccc(C[NH3+])c1. The molecule has 1 aromatic rings. The number of rotatable bonds is 3. The Labute approximate surface area is 78.5 Å². The van der Waals surface area contributed by atoms with E-state index in [2.05, 4.69) is 28.9 Å². The van der Waals surface area contributed by atoms with Gasteiger partial charge in [0.25, 0.3) is 0 Å². The second kappa shape index (κ2) is 4.62. The van der Waals surface area contributed by atoms with E-state index >= 15 is 0 Å². The van der Waals surface area contributed by atoms with E-state index in [1.54, 1.807) is 0 Å². The van der Waals surface area contributed by atoms with Gasteiger partial charge in [-0.05, 0) is 11.6 Å². The van der Waals surface area contributed by atoms with Crippen molar-refractivity contribution in [3.05, 3.63) is 35.4 Å². The van der Waals surface area contributed by atoms with E-state index in [9.17, 15) is 0 Å². The summed E-state index contributed by atoms with van der Waals surface area (Å²) in [4.78, 5) is 3.09. The smallest absolute Gasteiger partial charge is 0.237 e. The molecule has 13 heavy (non-hydrogen) atoms. The molecular formula is C10H17N3+2. The topological polar surface area (TPSA) is 67.6 Å². The van der Waals surface area contributed by atoms with Gasteiger partial charge in [-0.2, -0.15) is 0 Å². The molecule has 0 saturated heterocycles. The van der Waals surface area contributed by atoms with Gasteiger partial charge < -0.3 is 5.73 Å². The second-order valence-electron chi connectivity index (χ2n) is 3.11. The molecule has 3 heteroatoms. The lowest BCUT2D eigenvalue weighted by Crippen LogP contribution is -2.72. The fourth-order valence-electron chi connectivity index (χ4n) is 1.14. The van der Waals surface area contributed by atoms with Gasteiger partial charge in [-0.15, -0.1) is 0 Å². The average Bonchev–Trinajstić information content (AvgIpc) is 2.15. The van der Waals surface area contributed by atoms with E-state index in [4.69, 9.17) is 5.73 Å². The van der Waals surface area contributed by atoms with Crippen molar-refractivity contribution in [3.63, 3.8) is 0 Å². The zero-order valence-electron chi connectivity index (χ0n) is 8.01. The summed E-state index contributed by atoms with van der Waals surface area (Å²) in [5.41, 5.74) is 11.8. The first-order chi connectivity index (χ1) is 6.22. The highest BCUT2D eigenvalue weighted by Crippen LogP contribution is 2.01. The van der Waals surface area contributed by atoms with Crippen molar-refractivity contribution in [2.75, 3.05) is 0 Å². The molecule has 0 heterocycles. The molecule has 1 rings (SSSR count). The summed E-state index contributed by atoms with van der Waals surface area (Å²) in [5, 5.41) is 0. The Balaban J connectivity index is 2.72. The summed E-state index contributed by atoms with van der Waals surface area (Å²) in [6.07, 6.45) is 0. The highest BCUT2D eigenvalue weighted by molar-refractivity contribution is 5.70. The van der Waals surface area contributed by atoms with Gasteiger partial charge in [-0.1, -0.05) is 18.2 Å². The van der Waals surface area contributed by atoms with Gasteiger partial charge in [0.05, 0.1) is 6.54 Å². The van der Waals surface area contributed by atoms with Crippen LogP contribution < -0.4 is 16.5 Å². The highest BCUT2D eigenvalue weighted by Gasteiger charge is 1.95. The van der Waals surface area contributed by atoms with Crippen LogP contribution in [0.3, 0.4) is 0 Å². The Morgan fingerprint density at radius 3 is 2.77 bits per heavy atom. The predicted octanol–water partition coefficient (Wildman–Crippen LogP) is -1.61. The molecule has 0 atom stereocenters. The molecule has 0 aliphatic rings.